The SMILES string of the molecule is CCCCCC(=O)CC(=O)c1ccc2c(c1)OCCO2. The van der Waals surface area contributed by atoms with Crippen LogP contribution in [-0.4, -0.2) is 24.8 Å². The fourth-order valence-corrected chi connectivity index (χ4v) is 2.16. The van der Waals surface area contributed by atoms with Gasteiger partial charge in [0.05, 0.1) is 6.42 Å². The van der Waals surface area contributed by atoms with E-state index in [0.29, 0.717) is 36.7 Å². The molecule has 4 nitrogen and oxygen atoms in total. The number of carbonyl (C=O) groups is 2. The molecule has 1 aliphatic rings. The molecule has 0 aromatic heterocycles. The number of fused-ring (bicyclic) bond motifs is 1. The van der Waals surface area contributed by atoms with Crippen LogP contribution in [-0.2, 0) is 4.79 Å². The third-order valence-electron chi connectivity index (χ3n) is 3.28. The minimum Gasteiger partial charge on any atom is -0.486 e. The van der Waals surface area contributed by atoms with Gasteiger partial charge < -0.3 is 9.47 Å². The van der Waals surface area contributed by atoms with Crippen molar-refractivity contribution in [2.45, 2.75) is 39.0 Å². The summed E-state index contributed by atoms with van der Waals surface area (Å²) >= 11 is 0. The fraction of sp³-hybridized carbons (Fsp3) is 0.500. The van der Waals surface area contributed by atoms with E-state index < -0.39 is 0 Å². The Morgan fingerprint density at radius 3 is 2.60 bits per heavy atom. The Balaban J connectivity index is 1.93. The van der Waals surface area contributed by atoms with E-state index in [1.54, 1.807) is 18.2 Å². The lowest BCUT2D eigenvalue weighted by Gasteiger charge is -2.18. The predicted molar refractivity (Wildman–Crippen MR) is 75.5 cm³/mol. The second-order valence-electron chi connectivity index (χ2n) is 4.95. The summed E-state index contributed by atoms with van der Waals surface area (Å²) in [6, 6.07) is 5.08. The number of ketones is 2. The van der Waals surface area contributed by atoms with Gasteiger partial charge in [0, 0.05) is 12.0 Å². The molecule has 4 heteroatoms. The zero-order chi connectivity index (χ0) is 14.4. The highest BCUT2D eigenvalue weighted by molar-refractivity contribution is 6.08. The molecule has 0 saturated heterocycles. The molecular formula is C16H20O4. The van der Waals surface area contributed by atoms with E-state index in [-0.39, 0.29) is 18.0 Å². The molecule has 0 bridgehead atoms. The van der Waals surface area contributed by atoms with Gasteiger partial charge in [0.2, 0.25) is 0 Å². The topological polar surface area (TPSA) is 52.6 Å². The van der Waals surface area contributed by atoms with Gasteiger partial charge in [-0.15, -0.1) is 0 Å². The van der Waals surface area contributed by atoms with Crippen molar-refractivity contribution in [3.8, 4) is 11.5 Å². The van der Waals surface area contributed by atoms with E-state index in [9.17, 15) is 9.59 Å². The number of benzene rings is 1. The quantitative estimate of drug-likeness (QED) is 0.436. The first-order chi connectivity index (χ1) is 9.70. The van der Waals surface area contributed by atoms with Crippen LogP contribution in [0, 0.1) is 0 Å². The average molecular weight is 276 g/mol. The lowest BCUT2D eigenvalue weighted by Crippen LogP contribution is -2.16. The normalized spacial score (nSPS) is 13.1. The van der Waals surface area contributed by atoms with Crippen LogP contribution in [0.25, 0.3) is 0 Å². The second kappa shape index (κ2) is 7.08. The average Bonchev–Trinajstić information content (AvgIpc) is 2.47. The molecule has 1 heterocycles. The van der Waals surface area contributed by atoms with Crippen molar-refractivity contribution in [2.24, 2.45) is 0 Å². The van der Waals surface area contributed by atoms with Gasteiger partial charge in [-0.3, -0.25) is 9.59 Å². The Hall–Kier alpha value is -1.84. The molecule has 0 spiro atoms. The van der Waals surface area contributed by atoms with Gasteiger partial charge in [-0.25, -0.2) is 0 Å². The van der Waals surface area contributed by atoms with Gasteiger partial charge in [-0.1, -0.05) is 19.8 Å². The second-order valence-corrected chi connectivity index (χ2v) is 4.95. The molecule has 1 aromatic carbocycles. The van der Waals surface area contributed by atoms with Crippen LogP contribution in [0.4, 0.5) is 0 Å². The van der Waals surface area contributed by atoms with Crippen molar-refractivity contribution in [3.63, 3.8) is 0 Å². The monoisotopic (exact) mass is 276 g/mol. The van der Waals surface area contributed by atoms with Gasteiger partial charge in [0.1, 0.15) is 19.0 Å². The van der Waals surface area contributed by atoms with Gasteiger partial charge in [-0.2, -0.15) is 0 Å². The summed E-state index contributed by atoms with van der Waals surface area (Å²) in [6.45, 7) is 3.10. The highest BCUT2D eigenvalue weighted by Crippen LogP contribution is 2.31. The predicted octanol–water partition coefficient (Wildman–Crippen LogP) is 3.18. The minimum atomic E-state index is -0.150. The molecule has 0 atom stereocenters. The number of ether oxygens (including phenoxy) is 2. The number of carbonyl (C=O) groups excluding carboxylic acids is 2. The van der Waals surface area contributed by atoms with Crippen molar-refractivity contribution >= 4 is 11.6 Å². The molecule has 1 aliphatic heterocycles. The summed E-state index contributed by atoms with van der Waals surface area (Å²) in [5.41, 5.74) is 0.512. The van der Waals surface area contributed by atoms with Crippen molar-refractivity contribution in [3.05, 3.63) is 23.8 Å². The van der Waals surface area contributed by atoms with Gasteiger partial charge in [0.25, 0.3) is 0 Å². The summed E-state index contributed by atoms with van der Waals surface area (Å²) < 4.78 is 10.8. The molecule has 0 radical (unpaired) electrons. The van der Waals surface area contributed by atoms with E-state index in [2.05, 4.69) is 6.92 Å². The summed E-state index contributed by atoms with van der Waals surface area (Å²) in [5, 5.41) is 0. The summed E-state index contributed by atoms with van der Waals surface area (Å²) in [5.74, 6) is 1.10. The van der Waals surface area contributed by atoms with Crippen LogP contribution in [0.15, 0.2) is 18.2 Å². The zero-order valence-electron chi connectivity index (χ0n) is 11.8. The summed E-state index contributed by atoms with van der Waals surface area (Å²) in [4.78, 5) is 23.8. The Labute approximate surface area is 119 Å². The van der Waals surface area contributed by atoms with E-state index >= 15 is 0 Å². The first-order valence-corrected chi connectivity index (χ1v) is 7.15. The Bertz CT molecular complexity index is 493. The highest BCUT2D eigenvalue weighted by atomic mass is 16.6. The van der Waals surface area contributed by atoms with Crippen LogP contribution >= 0.6 is 0 Å². The van der Waals surface area contributed by atoms with Gasteiger partial charge in [0.15, 0.2) is 17.3 Å². The number of hydrogen-bond acceptors (Lipinski definition) is 4. The molecule has 0 N–H and O–H groups in total. The van der Waals surface area contributed by atoms with Crippen molar-refractivity contribution in [2.75, 3.05) is 13.2 Å². The van der Waals surface area contributed by atoms with Crippen molar-refractivity contribution in [1.29, 1.82) is 0 Å². The zero-order valence-corrected chi connectivity index (χ0v) is 11.8. The third kappa shape index (κ3) is 3.83. The Morgan fingerprint density at radius 2 is 1.85 bits per heavy atom. The molecule has 20 heavy (non-hydrogen) atoms. The highest BCUT2D eigenvalue weighted by Gasteiger charge is 2.16. The summed E-state index contributed by atoms with van der Waals surface area (Å²) in [7, 11) is 0. The molecule has 2 rings (SSSR count). The molecule has 1 aromatic rings. The largest absolute Gasteiger partial charge is 0.486 e. The maximum atomic E-state index is 12.1. The maximum absolute atomic E-state index is 12.1. The van der Waals surface area contributed by atoms with E-state index in [1.165, 1.54) is 0 Å². The molecule has 0 fully saturated rings. The third-order valence-corrected chi connectivity index (χ3v) is 3.28. The molecular weight excluding hydrogens is 256 g/mol. The van der Waals surface area contributed by atoms with Crippen LogP contribution in [0.3, 0.4) is 0 Å². The number of hydrogen-bond donors (Lipinski definition) is 0. The van der Waals surface area contributed by atoms with Gasteiger partial charge in [-0.05, 0) is 24.6 Å². The maximum Gasteiger partial charge on any atom is 0.170 e. The molecule has 108 valence electrons. The first kappa shape index (κ1) is 14.6. The molecule has 0 amide bonds. The fourth-order valence-electron chi connectivity index (χ4n) is 2.16. The van der Waals surface area contributed by atoms with Crippen LogP contribution in [0.5, 0.6) is 11.5 Å². The molecule has 0 unspecified atom stereocenters. The lowest BCUT2D eigenvalue weighted by molar-refractivity contribution is -0.118. The number of unbranched alkanes of at least 4 members (excludes halogenated alkanes) is 2. The first-order valence-electron chi connectivity index (χ1n) is 7.15. The minimum absolute atomic E-state index is 0.0124. The Kier molecular flexibility index (Phi) is 5.16. The number of rotatable bonds is 7. The van der Waals surface area contributed by atoms with Crippen LogP contribution < -0.4 is 9.47 Å². The lowest BCUT2D eigenvalue weighted by atomic mass is 10.0. The molecule has 0 aliphatic carbocycles. The smallest absolute Gasteiger partial charge is 0.170 e. The number of Topliss-reactive ketones (excluding diaryl/α,β-unsaturated/α-hetero) is 2. The van der Waals surface area contributed by atoms with Crippen LogP contribution in [0.2, 0.25) is 0 Å². The Morgan fingerprint density at radius 1 is 1.10 bits per heavy atom. The van der Waals surface area contributed by atoms with E-state index in [0.717, 1.165) is 19.3 Å². The summed E-state index contributed by atoms with van der Waals surface area (Å²) in [6.07, 6.45) is 3.44. The van der Waals surface area contributed by atoms with E-state index in [1.807, 2.05) is 0 Å². The molecule has 0 saturated carbocycles. The standard InChI is InChI=1S/C16H20O4/c1-2-3-4-5-13(17)11-14(18)12-6-7-15-16(10-12)20-9-8-19-15/h6-7,10H,2-5,8-9,11H2,1H3. The van der Waals surface area contributed by atoms with E-state index in [4.69, 9.17) is 9.47 Å². The van der Waals surface area contributed by atoms with Crippen molar-refractivity contribution in [1.82, 2.24) is 0 Å². The van der Waals surface area contributed by atoms with Crippen molar-refractivity contribution < 1.29 is 19.1 Å². The van der Waals surface area contributed by atoms with Gasteiger partial charge >= 0.3 is 0 Å². The van der Waals surface area contributed by atoms with Crippen LogP contribution in [0.1, 0.15) is 49.4 Å².